The van der Waals surface area contributed by atoms with E-state index in [1.165, 1.54) is 16.0 Å². The number of hydrogen-bond donors (Lipinski definition) is 1. The van der Waals surface area contributed by atoms with Gasteiger partial charge in [-0.25, -0.2) is 4.98 Å². The summed E-state index contributed by atoms with van der Waals surface area (Å²) in [6, 6.07) is 20.2. The number of carbonyl (C=O) groups excluding carboxylic acids is 1. The van der Waals surface area contributed by atoms with Gasteiger partial charge in [0.2, 0.25) is 0 Å². The summed E-state index contributed by atoms with van der Waals surface area (Å²) in [6.45, 7) is 0.636. The first-order valence-electron chi connectivity index (χ1n) is 8.06. The zero-order valence-corrected chi connectivity index (χ0v) is 15.1. The molecule has 4 aromatic rings. The average Bonchev–Trinajstić information content (AvgIpc) is 3.32. The number of ketones is 1. The fraction of sp³-hybridized carbons (Fsp3) is 0.100. The van der Waals surface area contributed by atoms with E-state index in [1.807, 2.05) is 47.8 Å². The number of nitrogens with zero attached hydrogens (tertiary/aromatic N) is 1. The first-order chi connectivity index (χ1) is 12.3. The molecule has 2 aromatic heterocycles. The Hall–Kier alpha value is -2.50. The van der Waals surface area contributed by atoms with Crippen LogP contribution in [0.1, 0.15) is 16.1 Å². The van der Waals surface area contributed by atoms with E-state index in [0.717, 1.165) is 26.7 Å². The molecule has 2 heterocycles. The van der Waals surface area contributed by atoms with E-state index >= 15 is 0 Å². The lowest BCUT2D eigenvalue weighted by Gasteiger charge is -2.06. The van der Waals surface area contributed by atoms with Gasteiger partial charge in [-0.2, -0.15) is 0 Å². The molecule has 0 radical (unpaired) electrons. The topological polar surface area (TPSA) is 42.0 Å². The number of anilines is 1. The predicted molar refractivity (Wildman–Crippen MR) is 107 cm³/mol. The largest absolute Gasteiger partial charge is 0.385 e. The van der Waals surface area contributed by atoms with E-state index in [4.69, 9.17) is 0 Å². The standard InChI is InChI=1S/C20H16N2OS2/c23-17(19-6-3-13-24-19)11-12-21-15-9-7-14(8-10-15)20-22-16-4-1-2-5-18(16)25-20/h1-10,13,21H,11-12H2. The summed E-state index contributed by atoms with van der Waals surface area (Å²) in [7, 11) is 0. The molecular formula is C20H16N2OS2. The molecule has 4 rings (SSSR count). The van der Waals surface area contributed by atoms with Crippen LogP contribution >= 0.6 is 22.7 Å². The number of benzene rings is 2. The monoisotopic (exact) mass is 364 g/mol. The highest BCUT2D eigenvalue weighted by Crippen LogP contribution is 2.30. The summed E-state index contributed by atoms with van der Waals surface area (Å²) >= 11 is 3.20. The van der Waals surface area contributed by atoms with Gasteiger partial charge in [0.05, 0.1) is 15.1 Å². The van der Waals surface area contributed by atoms with Crippen LogP contribution in [-0.2, 0) is 0 Å². The van der Waals surface area contributed by atoms with E-state index in [2.05, 4.69) is 28.5 Å². The molecule has 0 spiro atoms. The van der Waals surface area contributed by atoms with Crippen molar-refractivity contribution >= 4 is 44.4 Å². The summed E-state index contributed by atoms with van der Waals surface area (Å²) in [5, 5.41) is 6.27. The number of carbonyl (C=O) groups is 1. The maximum atomic E-state index is 12.0. The number of rotatable bonds is 6. The van der Waals surface area contributed by atoms with Crippen molar-refractivity contribution in [3.8, 4) is 10.6 Å². The number of aromatic nitrogens is 1. The lowest BCUT2D eigenvalue weighted by Crippen LogP contribution is -2.07. The van der Waals surface area contributed by atoms with Crippen molar-refractivity contribution in [2.45, 2.75) is 6.42 Å². The van der Waals surface area contributed by atoms with E-state index in [-0.39, 0.29) is 5.78 Å². The minimum absolute atomic E-state index is 0.189. The molecule has 0 aliphatic carbocycles. The van der Waals surface area contributed by atoms with Gasteiger partial charge < -0.3 is 5.32 Å². The molecule has 0 unspecified atom stereocenters. The van der Waals surface area contributed by atoms with Gasteiger partial charge in [0.25, 0.3) is 0 Å². The van der Waals surface area contributed by atoms with Gasteiger partial charge in [-0.3, -0.25) is 4.79 Å². The first-order valence-corrected chi connectivity index (χ1v) is 9.76. The molecule has 3 nitrogen and oxygen atoms in total. The van der Waals surface area contributed by atoms with E-state index in [9.17, 15) is 4.79 Å². The van der Waals surface area contributed by atoms with Crippen molar-refractivity contribution in [3.63, 3.8) is 0 Å². The maximum absolute atomic E-state index is 12.0. The molecule has 0 fully saturated rings. The van der Waals surface area contributed by atoms with Gasteiger partial charge in [0.15, 0.2) is 5.78 Å². The van der Waals surface area contributed by atoms with Crippen LogP contribution in [0.5, 0.6) is 0 Å². The Morgan fingerprint density at radius 1 is 1.00 bits per heavy atom. The number of fused-ring (bicyclic) bond motifs is 1. The number of thiazole rings is 1. The minimum Gasteiger partial charge on any atom is -0.385 e. The quantitative estimate of drug-likeness (QED) is 0.446. The number of hydrogen-bond acceptors (Lipinski definition) is 5. The van der Waals surface area contributed by atoms with Gasteiger partial charge in [0.1, 0.15) is 5.01 Å². The molecule has 25 heavy (non-hydrogen) atoms. The van der Waals surface area contributed by atoms with Gasteiger partial charge in [-0.15, -0.1) is 22.7 Å². The molecule has 0 bridgehead atoms. The smallest absolute Gasteiger partial charge is 0.174 e. The summed E-state index contributed by atoms with van der Waals surface area (Å²) in [6.07, 6.45) is 0.500. The molecule has 124 valence electrons. The summed E-state index contributed by atoms with van der Waals surface area (Å²) in [4.78, 5) is 17.5. The first kappa shape index (κ1) is 16.0. The fourth-order valence-electron chi connectivity index (χ4n) is 2.61. The highest BCUT2D eigenvalue weighted by atomic mass is 32.1. The Bertz CT molecular complexity index is 955. The third-order valence-electron chi connectivity index (χ3n) is 3.90. The second kappa shape index (κ2) is 7.17. The SMILES string of the molecule is O=C(CCNc1ccc(-c2nc3ccccc3s2)cc1)c1cccs1. The third-order valence-corrected chi connectivity index (χ3v) is 5.90. The Morgan fingerprint density at radius 3 is 2.60 bits per heavy atom. The van der Waals surface area contributed by atoms with Crippen LogP contribution in [0.2, 0.25) is 0 Å². The fourth-order valence-corrected chi connectivity index (χ4v) is 4.27. The molecule has 2 aromatic carbocycles. The normalized spacial score (nSPS) is 10.9. The van der Waals surface area contributed by atoms with Crippen molar-refractivity contribution in [2.75, 3.05) is 11.9 Å². The third kappa shape index (κ3) is 3.62. The predicted octanol–water partition coefficient (Wildman–Crippen LogP) is 5.71. The molecular weight excluding hydrogens is 348 g/mol. The van der Waals surface area contributed by atoms with Crippen LogP contribution in [0.3, 0.4) is 0 Å². The second-order valence-electron chi connectivity index (χ2n) is 5.64. The Kier molecular flexibility index (Phi) is 4.59. The Labute approximate surface area is 154 Å². The van der Waals surface area contributed by atoms with Crippen LogP contribution in [0.4, 0.5) is 5.69 Å². The zero-order chi connectivity index (χ0) is 17.1. The van der Waals surface area contributed by atoms with E-state index < -0.39 is 0 Å². The molecule has 1 N–H and O–H groups in total. The summed E-state index contributed by atoms with van der Waals surface area (Å²) in [5.74, 6) is 0.189. The molecule has 0 atom stereocenters. The lowest BCUT2D eigenvalue weighted by atomic mass is 10.2. The van der Waals surface area contributed by atoms with Gasteiger partial charge >= 0.3 is 0 Å². The molecule has 0 saturated heterocycles. The van der Waals surface area contributed by atoms with Crippen molar-refractivity contribution < 1.29 is 4.79 Å². The van der Waals surface area contributed by atoms with Crippen LogP contribution in [0, 0.1) is 0 Å². The Morgan fingerprint density at radius 2 is 1.84 bits per heavy atom. The van der Waals surface area contributed by atoms with Crippen LogP contribution in [-0.4, -0.2) is 17.3 Å². The lowest BCUT2D eigenvalue weighted by molar-refractivity contribution is 0.0990. The number of nitrogens with one attached hydrogen (secondary N) is 1. The van der Waals surface area contributed by atoms with Crippen LogP contribution in [0.15, 0.2) is 66.0 Å². The van der Waals surface area contributed by atoms with Crippen molar-refractivity contribution in [1.29, 1.82) is 0 Å². The number of Topliss-reactive ketones (excluding diaryl/α,β-unsaturated/α-hetero) is 1. The van der Waals surface area contributed by atoms with Crippen molar-refractivity contribution in [3.05, 3.63) is 70.9 Å². The van der Waals surface area contributed by atoms with Crippen molar-refractivity contribution in [1.82, 2.24) is 4.98 Å². The highest BCUT2D eigenvalue weighted by molar-refractivity contribution is 7.21. The van der Waals surface area contributed by atoms with Crippen LogP contribution in [0.25, 0.3) is 20.8 Å². The van der Waals surface area contributed by atoms with Crippen LogP contribution < -0.4 is 5.32 Å². The minimum atomic E-state index is 0.189. The Balaban J connectivity index is 1.39. The molecule has 5 heteroatoms. The number of thiophene rings is 1. The number of para-hydroxylation sites is 1. The van der Waals surface area contributed by atoms with E-state index in [0.29, 0.717) is 13.0 Å². The average molecular weight is 364 g/mol. The molecule has 0 aliphatic heterocycles. The van der Waals surface area contributed by atoms with E-state index in [1.54, 1.807) is 11.3 Å². The van der Waals surface area contributed by atoms with Gasteiger partial charge in [-0.05, 0) is 47.8 Å². The molecule has 0 saturated carbocycles. The maximum Gasteiger partial charge on any atom is 0.174 e. The zero-order valence-electron chi connectivity index (χ0n) is 13.4. The molecule has 0 amide bonds. The molecule has 0 aliphatic rings. The second-order valence-corrected chi connectivity index (χ2v) is 7.62. The van der Waals surface area contributed by atoms with Gasteiger partial charge in [0, 0.05) is 24.2 Å². The highest BCUT2D eigenvalue weighted by Gasteiger charge is 2.07. The summed E-state index contributed by atoms with van der Waals surface area (Å²) in [5.41, 5.74) is 3.17. The van der Waals surface area contributed by atoms with Crippen molar-refractivity contribution in [2.24, 2.45) is 0 Å². The van der Waals surface area contributed by atoms with Gasteiger partial charge in [-0.1, -0.05) is 18.2 Å². The summed E-state index contributed by atoms with van der Waals surface area (Å²) < 4.78 is 1.20.